The van der Waals surface area contributed by atoms with Gasteiger partial charge in [-0.1, -0.05) is 52.4 Å². The minimum absolute atomic E-state index is 0.0960. The lowest BCUT2D eigenvalue weighted by molar-refractivity contribution is 0.584. The zero-order valence-corrected chi connectivity index (χ0v) is 14.0. The highest BCUT2D eigenvalue weighted by Crippen LogP contribution is 2.34. The predicted octanol–water partition coefficient (Wildman–Crippen LogP) is 3.60. The van der Waals surface area contributed by atoms with Gasteiger partial charge in [-0.05, 0) is 23.1 Å². The van der Waals surface area contributed by atoms with Crippen LogP contribution in [-0.4, -0.2) is 18.8 Å². The predicted molar refractivity (Wildman–Crippen MR) is 86.1 cm³/mol. The number of anilines is 1. The number of sulfonamides is 1. The van der Waals surface area contributed by atoms with Gasteiger partial charge in [0.15, 0.2) is 5.17 Å². The minimum atomic E-state index is -3.61. The smallest absolute Gasteiger partial charge is 0.286 e. The summed E-state index contributed by atoms with van der Waals surface area (Å²) in [6, 6.07) is 5.51. The summed E-state index contributed by atoms with van der Waals surface area (Å²) < 4.78 is 28.5. The first-order valence-corrected chi connectivity index (χ1v) is 8.85. The number of nitrogens with one attached hydrogen (secondary N) is 1. The largest absolute Gasteiger partial charge is 0.333 e. The van der Waals surface area contributed by atoms with E-state index in [4.69, 9.17) is 0 Å². The van der Waals surface area contributed by atoms with Crippen molar-refractivity contribution in [1.82, 2.24) is 0 Å². The standard InChI is InChI=1S/C14H20N2O2S2/c1-9(2)19-13-15-11-7-6-10(14(3,4)5)8-12(11)20(17,18)16-13/h6-9H,1-5H3,(H,15,16). The van der Waals surface area contributed by atoms with Gasteiger partial charge in [0.1, 0.15) is 4.90 Å². The number of benzene rings is 1. The number of hydrogen-bond donors (Lipinski definition) is 1. The molecule has 0 aliphatic carbocycles. The molecule has 0 radical (unpaired) electrons. The molecule has 0 spiro atoms. The van der Waals surface area contributed by atoms with E-state index in [1.807, 2.05) is 26.0 Å². The van der Waals surface area contributed by atoms with E-state index >= 15 is 0 Å². The van der Waals surface area contributed by atoms with Crippen molar-refractivity contribution >= 4 is 32.6 Å². The molecular formula is C14H20N2O2S2. The lowest BCUT2D eigenvalue weighted by Gasteiger charge is -2.23. The SMILES string of the molecule is CC(C)SC1=NS(=O)(=O)c2cc(C(C)(C)C)ccc2N1. The molecule has 0 atom stereocenters. The van der Waals surface area contributed by atoms with Gasteiger partial charge in [-0.2, -0.15) is 8.42 Å². The van der Waals surface area contributed by atoms with Gasteiger partial charge in [0, 0.05) is 5.25 Å². The number of fused-ring (bicyclic) bond motifs is 1. The Bertz CT molecular complexity index is 656. The minimum Gasteiger partial charge on any atom is -0.333 e. The molecule has 1 heterocycles. The lowest BCUT2D eigenvalue weighted by Crippen LogP contribution is -2.21. The second-order valence-corrected chi connectivity index (χ2v) is 9.26. The molecule has 1 aromatic rings. The van der Waals surface area contributed by atoms with Gasteiger partial charge >= 0.3 is 0 Å². The summed E-state index contributed by atoms with van der Waals surface area (Å²) in [7, 11) is -3.61. The molecule has 0 saturated heterocycles. The average Bonchev–Trinajstić information content (AvgIpc) is 2.25. The molecule has 1 aliphatic rings. The van der Waals surface area contributed by atoms with Gasteiger partial charge in [-0.3, -0.25) is 0 Å². The van der Waals surface area contributed by atoms with Crippen molar-refractivity contribution in [2.24, 2.45) is 4.40 Å². The Labute approximate surface area is 125 Å². The quantitative estimate of drug-likeness (QED) is 0.861. The zero-order chi connectivity index (χ0) is 15.1. The van der Waals surface area contributed by atoms with Gasteiger partial charge in [-0.15, -0.1) is 4.40 Å². The normalized spacial score (nSPS) is 17.4. The van der Waals surface area contributed by atoms with Gasteiger partial charge in [-0.25, -0.2) is 0 Å². The van der Waals surface area contributed by atoms with E-state index in [0.717, 1.165) is 5.56 Å². The van der Waals surface area contributed by atoms with Crippen molar-refractivity contribution in [3.8, 4) is 0 Å². The van der Waals surface area contributed by atoms with Crippen molar-refractivity contribution in [3.05, 3.63) is 23.8 Å². The van der Waals surface area contributed by atoms with E-state index in [2.05, 4.69) is 30.5 Å². The summed E-state index contributed by atoms with van der Waals surface area (Å²) in [5.74, 6) is 0. The molecule has 20 heavy (non-hydrogen) atoms. The third-order valence-electron chi connectivity index (χ3n) is 2.92. The Balaban J connectivity index is 2.48. The van der Waals surface area contributed by atoms with Gasteiger partial charge in [0.05, 0.1) is 5.69 Å². The number of hydrogen-bond acceptors (Lipinski definition) is 4. The van der Waals surface area contributed by atoms with Gasteiger partial charge in [0.25, 0.3) is 10.0 Å². The van der Waals surface area contributed by atoms with E-state index < -0.39 is 10.0 Å². The molecule has 0 bridgehead atoms. The van der Waals surface area contributed by atoms with Crippen LogP contribution in [0.1, 0.15) is 40.2 Å². The molecule has 0 aromatic heterocycles. The fraction of sp³-hybridized carbons (Fsp3) is 0.500. The van der Waals surface area contributed by atoms with E-state index in [9.17, 15) is 8.42 Å². The monoisotopic (exact) mass is 312 g/mol. The van der Waals surface area contributed by atoms with Crippen LogP contribution in [0.5, 0.6) is 0 Å². The molecule has 0 saturated carbocycles. The zero-order valence-electron chi connectivity index (χ0n) is 12.4. The lowest BCUT2D eigenvalue weighted by atomic mass is 9.87. The van der Waals surface area contributed by atoms with Crippen LogP contribution in [-0.2, 0) is 15.4 Å². The summed E-state index contributed by atoms with van der Waals surface area (Å²) >= 11 is 1.41. The second kappa shape index (κ2) is 5.07. The Morgan fingerprint density at radius 1 is 1.25 bits per heavy atom. The maximum atomic E-state index is 12.3. The van der Waals surface area contributed by atoms with E-state index in [0.29, 0.717) is 10.9 Å². The number of nitrogens with zero attached hydrogens (tertiary/aromatic N) is 1. The molecule has 0 unspecified atom stereocenters. The number of amidine groups is 1. The Hall–Kier alpha value is -1.01. The van der Waals surface area contributed by atoms with Crippen LogP contribution in [0.25, 0.3) is 0 Å². The fourth-order valence-electron chi connectivity index (χ4n) is 1.88. The molecule has 1 N–H and O–H groups in total. The third kappa shape index (κ3) is 3.17. The molecular weight excluding hydrogens is 292 g/mol. The van der Waals surface area contributed by atoms with Crippen molar-refractivity contribution in [2.45, 2.75) is 50.2 Å². The molecule has 6 heteroatoms. The van der Waals surface area contributed by atoms with Crippen LogP contribution in [0.3, 0.4) is 0 Å². The van der Waals surface area contributed by atoms with Crippen LogP contribution in [0.15, 0.2) is 27.5 Å². The first-order valence-electron chi connectivity index (χ1n) is 6.53. The Morgan fingerprint density at radius 3 is 2.45 bits per heavy atom. The van der Waals surface area contributed by atoms with Crippen LogP contribution < -0.4 is 5.32 Å². The van der Waals surface area contributed by atoms with Crippen LogP contribution in [0.2, 0.25) is 0 Å². The average molecular weight is 312 g/mol. The second-order valence-electron chi connectivity index (χ2n) is 6.12. The van der Waals surface area contributed by atoms with Gasteiger partial charge < -0.3 is 5.32 Å². The molecule has 110 valence electrons. The van der Waals surface area contributed by atoms with E-state index in [1.54, 1.807) is 6.07 Å². The first-order chi connectivity index (χ1) is 9.09. The molecule has 1 aromatic carbocycles. The topological polar surface area (TPSA) is 58.5 Å². The maximum absolute atomic E-state index is 12.3. The summed E-state index contributed by atoms with van der Waals surface area (Å²) in [5, 5.41) is 3.81. The summed E-state index contributed by atoms with van der Waals surface area (Å²) in [6.45, 7) is 10.2. The molecule has 2 rings (SSSR count). The Morgan fingerprint density at radius 2 is 1.90 bits per heavy atom. The third-order valence-corrected chi connectivity index (χ3v) is 5.24. The van der Waals surface area contributed by atoms with Crippen LogP contribution in [0.4, 0.5) is 5.69 Å². The number of rotatable bonds is 1. The fourth-order valence-corrected chi connectivity index (χ4v) is 3.99. The van der Waals surface area contributed by atoms with Crippen molar-refractivity contribution in [2.75, 3.05) is 5.32 Å². The summed E-state index contributed by atoms with van der Waals surface area (Å²) in [4.78, 5) is 0.262. The van der Waals surface area contributed by atoms with E-state index in [1.165, 1.54) is 11.8 Å². The van der Waals surface area contributed by atoms with Crippen LogP contribution >= 0.6 is 11.8 Å². The van der Waals surface area contributed by atoms with Crippen LogP contribution in [0, 0.1) is 0 Å². The molecule has 0 fully saturated rings. The Kier molecular flexibility index (Phi) is 3.90. The highest BCUT2D eigenvalue weighted by atomic mass is 32.2. The summed E-state index contributed by atoms with van der Waals surface area (Å²) in [5.41, 5.74) is 1.49. The maximum Gasteiger partial charge on any atom is 0.286 e. The van der Waals surface area contributed by atoms with Crippen molar-refractivity contribution in [1.29, 1.82) is 0 Å². The first kappa shape index (κ1) is 15.4. The highest BCUT2D eigenvalue weighted by molar-refractivity contribution is 8.15. The number of thioether (sulfide) groups is 1. The molecule has 4 nitrogen and oxygen atoms in total. The molecule has 1 aliphatic heterocycles. The van der Waals surface area contributed by atoms with Crippen molar-refractivity contribution < 1.29 is 8.42 Å². The molecule has 0 amide bonds. The highest BCUT2D eigenvalue weighted by Gasteiger charge is 2.27. The van der Waals surface area contributed by atoms with Gasteiger partial charge in [0.2, 0.25) is 0 Å². The summed E-state index contributed by atoms with van der Waals surface area (Å²) in [6.07, 6.45) is 0. The van der Waals surface area contributed by atoms with E-state index in [-0.39, 0.29) is 15.6 Å². The van der Waals surface area contributed by atoms with Crippen molar-refractivity contribution in [3.63, 3.8) is 0 Å².